The van der Waals surface area contributed by atoms with E-state index in [2.05, 4.69) is 33.5 Å². The Morgan fingerprint density at radius 2 is 1.70 bits per heavy atom. The van der Waals surface area contributed by atoms with Gasteiger partial charge < -0.3 is 15.2 Å². The average molecular weight is 484 g/mol. The number of aromatic nitrogens is 2. The van der Waals surface area contributed by atoms with Crippen molar-refractivity contribution in [1.29, 1.82) is 5.26 Å². The Bertz CT molecular complexity index is 1640. The van der Waals surface area contributed by atoms with Crippen LogP contribution in [-0.4, -0.2) is 33.9 Å². The molecule has 3 aromatic carbocycles. The molecular weight excluding hydrogens is 458 g/mol. The standard InChI is InChI=1S/C31H25N5O/c32-18-25-19-33-20-27(30(25)35-29-8-4-7-28-26(29)13-14-34-28)24-6-3-5-23(17-24)21-9-11-22(12-10-21)31(37)36-15-1-2-16-36/h3-14,17,19-20,34H,1-2,15-16H2,(H,33,35). The maximum atomic E-state index is 12.7. The zero-order valence-corrected chi connectivity index (χ0v) is 20.2. The van der Waals surface area contributed by atoms with E-state index in [0.29, 0.717) is 5.56 Å². The summed E-state index contributed by atoms with van der Waals surface area (Å²) >= 11 is 0. The van der Waals surface area contributed by atoms with Gasteiger partial charge in [0.2, 0.25) is 0 Å². The fourth-order valence-corrected chi connectivity index (χ4v) is 5.00. The smallest absolute Gasteiger partial charge is 0.253 e. The van der Waals surface area contributed by atoms with Gasteiger partial charge in [0.15, 0.2) is 0 Å². The number of anilines is 2. The van der Waals surface area contributed by atoms with Gasteiger partial charge in [0.25, 0.3) is 5.91 Å². The number of carbonyl (C=O) groups is 1. The molecule has 180 valence electrons. The summed E-state index contributed by atoms with van der Waals surface area (Å²) in [5, 5.41) is 14.4. The van der Waals surface area contributed by atoms with E-state index in [0.717, 1.165) is 76.0 Å². The summed E-state index contributed by atoms with van der Waals surface area (Å²) in [7, 11) is 0. The number of benzene rings is 3. The zero-order valence-electron chi connectivity index (χ0n) is 20.2. The van der Waals surface area contributed by atoms with Gasteiger partial charge in [0, 0.05) is 59.4 Å². The molecular formula is C31H25N5O. The lowest BCUT2D eigenvalue weighted by molar-refractivity contribution is 0.0793. The van der Waals surface area contributed by atoms with Gasteiger partial charge in [-0.3, -0.25) is 9.78 Å². The van der Waals surface area contributed by atoms with E-state index in [9.17, 15) is 10.1 Å². The summed E-state index contributed by atoms with van der Waals surface area (Å²) in [4.78, 5) is 22.2. The Hall–Kier alpha value is -4.89. The van der Waals surface area contributed by atoms with Crippen molar-refractivity contribution in [2.24, 2.45) is 0 Å². The fraction of sp³-hybridized carbons (Fsp3) is 0.129. The van der Waals surface area contributed by atoms with Gasteiger partial charge in [-0.05, 0) is 65.9 Å². The molecule has 6 rings (SSSR count). The zero-order chi connectivity index (χ0) is 25.2. The van der Waals surface area contributed by atoms with Crippen LogP contribution in [0.4, 0.5) is 11.4 Å². The van der Waals surface area contributed by atoms with Crippen molar-refractivity contribution in [3.63, 3.8) is 0 Å². The summed E-state index contributed by atoms with van der Waals surface area (Å²) in [5.74, 6) is 0.102. The van der Waals surface area contributed by atoms with Gasteiger partial charge >= 0.3 is 0 Å². The highest BCUT2D eigenvalue weighted by molar-refractivity contribution is 5.97. The number of rotatable bonds is 5. The molecule has 1 aliphatic rings. The number of aromatic amines is 1. The van der Waals surface area contributed by atoms with Crippen LogP contribution in [0.2, 0.25) is 0 Å². The highest BCUT2D eigenvalue weighted by atomic mass is 16.2. The number of pyridine rings is 1. The van der Waals surface area contributed by atoms with Gasteiger partial charge in [-0.25, -0.2) is 0 Å². The molecule has 0 atom stereocenters. The number of H-pyrrole nitrogens is 1. The quantitative estimate of drug-likeness (QED) is 0.290. The number of hydrogen-bond acceptors (Lipinski definition) is 4. The van der Waals surface area contributed by atoms with E-state index >= 15 is 0 Å². The molecule has 6 heteroatoms. The first-order valence-corrected chi connectivity index (χ1v) is 12.4. The number of nitrogens with zero attached hydrogens (tertiary/aromatic N) is 3. The van der Waals surface area contributed by atoms with Gasteiger partial charge in [0.05, 0.1) is 11.3 Å². The molecule has 1 amide bonds. The molecule has 2 N–H and O–H groups in total. The second kappa shape index (κ2) is 9.63. The van der Waals surface area contributed by atoms with Crippen LogP contribution in [0, 0.1) is 11.3 Å². The lowest BCUT2D eigenvalue weighted by Gasteiger charge is -2.16. The molecule has 1 saturated heterocycles. The lowest BCUT2D eigenvalue weighted by atomic mass is 9.97. The third-order valence-electron chi connectivity index (χ3n) is 6.95. The number of likely N-dealkylation sites (tertiary alicyclic amines) is 1. The van der Waals surface area contributed by atoms with E-state index in [1.54, 1.807) is 12.4 Å². The second-order valence-corrected chi connectivity index (χ2v) is 9.25. The summed E-state index contributed by atoms with van der Waals surface area (Å²) < 4.78 is 0. The van der Waals surface area contributed by atoms with Crippen LogP contribution >= 0.6 is 0 Å². The first kappa shape index (κ1) is 22.6. The van der Waals surface area contributed by atoms with Crippen LogP contribution in [0.25, 0.3) is 33.2 Å². The van der Waals surface area contributed by atoms with Crippen molar-refractivity contribution < 1.29 is 4.79 Å². The fourth-order valence-electron chi connectivity index (χ4n) is 5.00. The van der Waals surface area contributed by atoms with Crippen LogP contribution in [0.3, 0.4) is 0 Å². The molecule has 1 aliphatic heterocycles. The van der Waals surface area contributed by atoms with E-state index in [1.165, 1.54) is 0 Å². The van der Waals surface area contributed by atoms with Gasteiger partial charge in [0.1, 0.15) is 6.07 Å². The summed E-state index contributed by atoms with van der Waals surface area (Å²) in [5.41, 5.74) is 7.69. The van der Waals surface area contributed by atoms with Crippen LogP contribution in [0.1, 0.15) is 28.8 Å². The van der Waals surface area contributed by atoms with Gasteiger partial charge in [-0.2, -0.15) is 5.26 Å². The molecule has 5 aromatic rings. The van der Waals surface area contributed by atoms with E-state index < -0.39 is 0 Å². The monoisotopic (exact) mass is 483 g/mol. The second-order valence-electron chi connectivity index (χ2n) is 9.25. The van der Waals surface area contributed by atoms with E-state index in [-0.39, 0.29) is 5.91 Å². The first-order chi connectivity index (χ1) is 18.2. The highest BCUT2D eigenvalue weighted by Gasteiger charge is 2.19. The SMILES string of the molecule is N#Cc1cncc(-c2cccc(-c3ccc(C(=O)N4CCCC4)cc3)c2)c1Nc1cccc2[nH]ccc12. The molecule has 0 spiro atoms. The molecule has 0 radical (unpaired) electrons. The number of amides is 1. The Labute approximate surface area is 215 Å². The van der Waals surface area contributed by atoms with E-state index in [4.69, 9.17) is 0 Å². The van der Waals surface area contributed by atoms with Crippen LogP contribution in [0.15, 0.2) is 91.4 Å². The van der Waals surface area contributed by atoms with Crippen LogP contribution in [-0.2, 0) is 0 Å². The Kier molecular flexibility index (Phi) is 5.88. The number of nitriles is 1. The molecule has 37 heavy (non-hydrogen) atoms. The average Bonchev–Trinajstić information content (AvgIpc) is 3.66. The molecule has 1 fully saturated rings. The van der Waals surface area contributed by atoms with Crippen molar-refractivity contribution >= 4 is 28.2 Å². The van der Waals surface area contributed by atoms with Crippen molar-refractivity contribution in [1.82, 2.24) is 14.9 Å². The number of fused-ring (bicyclic) bond motifs is 1. The van der Waals surface area contributed by atoms with Crippen LogP contribution < -0.4 is 5.32 Å². The Balaban J connectivity index is 1.35. The van der Waals surface area contributed by atoms with E-state index in [1.807, 2.05) is 71.8 Å². The summed E-state index contributed by atoms with van der Waals surface area (Å²) in [6, 6.07) is 26.3. The molecule has 2 aromatic heterocycles. The topological polar surface area (TPSA) is 84.8 Å². The third kappa shape index (κ3) is 4.32. The lowest BCUT2D eigenvalue weighted by Crippen LogP contribution is -2.27. The molecule has 0 bridgehead atoms. The van der Waals surface area contributed by atoms with Crippen molar-refractivity contribution in [3.05, 3.63) is 103 Å². The van der Waals surface area contributed by atoms with Crippen molar-refractivity contribution in [3.8, 4) is 28.3 Å². The largest absolute Gasteiger partial charge is 0.361 e. The summed E-state index contributed by atoms with van der Waals surface area (Å²) in [6.45, 7) is 1.68. The number of carbonyl (C=O) groups excluding carboxylic acids is 1. The minimum absolute atomic E-state index is 0.102. The maximum Gasteiger partial charge on any atom is 0.253 e. The first-order valence-electron chi connectivity index (χ1n) is 12.4. The summed E-state index contributed by atoms with van der Waals surface area (Å²) in [6.07, 6.45) is 7.44. The van der Waals surface area contributed by atoms with Crippen LogP contribution in [0.5, 0.6) is 0 Å². The molecule has 3 heterocycles. The molecule has 0 saturated carbocycles. The normalized spacial score (nSPS) is 13.0. The number of hydrogen-bond donors (Lipinski definition) is 2. The minimum atomic E-state index is 0.102. The number of nitrogens with one attached hydrogen (secondary N) is 2. The van der Waals surface area contributed by atoms with Crippen molar-refractivity contribution in [2.45, 2.75) is 12.8 Å². The predicted octanol–water partition coefficient (Wildman–Crippen LogP) is 6.75. The predicted molar refractivity (Wildman–Crippen MR) is 147 cm³/mol. The molecule has 0 unspecified atom stereocenters. The molecule has 6 nitrogen and oxygen atoms in total. The maximum absolute atomic E-state index is 12.7. The highest BCUT2D eigenvalue weighted by Crippen LogP contribution is 2.36. The van der Waals surface area contributed by atoms with Gasteiger partial charge in [-0.1, -0.05) is 36.4 Å². The Morgan fingerprint density at radius 1 is 0.919 bits per heavy atom. The van der Waals surface area contributed by atoms with Gasteiger partial charge in [-0.15, -0.1) is 0 Å². The molecule has 0 aliphatic carbocycles. The van der Waals surface area contributed by atoms with Crippen molar-refractivity contribution in [2.75, 3.05) is 18.4 Å². The Morgan fingerprint density at radius 3 is 2.51 bits per heavy atom. The third-order valence-corrected chi connectivity index (χ3v) is 6.95. The minimum Gasteiger partial charge on any atom is -0.361 e.